The molecular formula is C12H13F3N4O2. The van der Waals surface area contributed by atoms with Crippen LogP contribution in [0.2, 0.25) is 0 Å². The van der Waals surface area contributed by atoms with E-state index in [1.54, 1.807) is 0 Å². The van der Waals surface area contributed by atoms with Crippen molar-refractivity contribution < 1.29 is 22.7 Å². The fraction of sp³-hybridized carbons (Fsp3) is 0.417. The van der Waals surface area contributed by atoms with Crippen molar-refractivity contribution in [2.75, 3.05) is 20.3 Å². The predicted molar refractivity (Wildman–Crippen MR) is 67.4 cm³/mol. The molecular weight excluding hydrogens is 289 g/mol. The van der Waals surface area contributed by atoms with Crippen molar-refractivity contribution in [2.24, 2.45) is 0 Å². The highest BCUT2D eigenvalue weighted by atomic mass is 19.4. The fourth-order valence-electron chi connectivity index (χ4n) is 1.84. The molecule has 0 bridgehead atoms. The van der Waals surface area contributed by atoms with Gasteiger partial charge in [-0.3, -0.25) is 9.78 Å². The molecule has 0 aromatic carbocycles. The molecule has 2 aromatic heterocycles. The average Bonchev–Trinajstić information content (AvgIpc) is 2.78. The van der Waals surface area contributed by atoms with Crippen LogP contribution in [-0.2, 0) is 22.3 Å². The summed E-state index contributed by atoms with van der Waals surface area (Å²) in [5, 5.41) is 2.46. The van der Waals surface area contributed by atoms with Crippen LogP contribution in [0.1, 0.15) is 5.82 Å². The second kappa shape index (κ2) is 6.08. The van der Waals surface area contributed by atoms with E-state index in [1.165, 1.54) is 25.6 Å². The molecule has 21 heavy (non-hydrogen) atoms. The van der Waals surface area contributed by atoms with Crippen molar-refractivity contribution in [3.8, 4) is 0 Å². The maximum atomic E-state index is 13.0. The molecule has 2 aromatic rings. The van der Waals surface area contributed by atoms with E-state index in [9.17, 15) is 18.0 Å². The zero-order valence-corrected chi connectivity index (χ0v) is 11.1. The third-order valence-corrected chi connectivity index (χ3v) is 2.73. The zero-order chi connectivity index (χ0) is 15.5. The van der Waals surface area contributed by atoms with Gasteiger partial charge in [0, 0.05) is 19.9 Å². The largest absolute Gasteiger partial charge is 0.449 e. The molecule has 0 aliphatic rings. The molecule has 0 radical (unpaired) electrons. The smallest absolute Gasteiger partial charge is 0.383 e. The Balaban J connectivity index is 2.30. The maximum Gasteiger partial charge on any atom is 0.449 e. The molecule has 0 fully saturated rings. The summed E-state index contributed by atoms with van der Waals surface area (Å²) in [4.78, 5) is 19.0. The average molecular weight is 302 g/mol. The first-order chi connectivity index (χ1) is 9.93. The highest BCUT2D eigenvalue weighted by Crippen LogP contribution is 2.31. The van der Waals surface area contributed by atoms with Gasteiger partial charge < -0.3 is 14.6 Å². The lowest BCUT2D eigenvalue weighted by molar-refractivity contribution is -0.147. The van der Waals surface area contributed by atoms with Crippen LogP contribution in [0.5, 0.6) is 0 Å². The molecule has 1 amide bonds. The number of amides is 1. The maximum absolute atomic E-state index is 13.0. The molecule has 0 aliphatic carbocycles. The second-order valence-electron chi connectivity index (χ2n) is 4.23. The Bertz CT molecular complexity index is 639. The summed E-state index contributed by atoms with van der Waals surface area (Å²) in [6, 6.07) is 1.36. The van der Waals surface area contributed by atoms with E-state index in [4.69, 9.17) is 4.74 Å². The van der Waals surface area contributed by atoms with Gasteiger partial charge in [-0.05, 0) is 6.07 Å². The van der Waals surface area contributed by atoms with Gasteiger partial charge in [-0.2, -0.15) is 13.2 Å². The quantitative estimate of drug-likeness (QED) is 0.843. The van der Waals surface area contributed by atoms with Crippen LogP contribution in [0.4, 0.5) is 13.2 Å². The Morgan fingerprint density at radius 3 is 2.90 bits per heavy atom. The summed E-state index contributed by atoms with van der Waals surface area (Å²) >= 11 is 0. The fourth-order valence-corrected chi connectivity index (χ4v) is 1.84. The third-order valence-electron chi connectivity index (χ3n) is 2.73. The van der Waals surface area contributed by atoms with E-state index < -0.39 is 24.5 Å². The number of imidazole rings is 1. The standard InChI is InChI=1S/C12H13F3N4O2/c1-21-5-4-17-10(20)7-19-9-6-16-3-2-8(9)18-11(19)12(13,14)15/h2-3,6H,4-5,7H2,1H3,(H,17,20). The Hall–Kier alpha value is -2.16. The second-order valence-corrected chi connectivity index (χ2v) is 4.23. The number of aromatic nitrogens is 3. The van der Waals surface area contributed by atoms with Gasteiger partial charge in [0.25, 0.3) is 0 Å². The summed E-state index contributed by atoms with van der Waals surface area (Å²) in [6.45, 7) is 0.0203. The van der Waals surface area contributed by atoms with Gasteiger partial charge in [-0.25, -0.2) is 4.98 Å². The van der Waals surface area contributed by atoms with Crippen LogP contribution in [0, 0.1) is 0 Å². The molecule has 114 valence electrons. The normalized spacial score (nSPS) is 11.8. The van der Waals surface area contributed by atoms with Crippen LogP contribution in [0.15, 0.2) is 18.5 Å². The number of hydrogen-bond donors (Lipinski definition) is 1. The number of hydrogen-bond acceptors (Lipinski definition) is 4. The number of nitrogens with zero attached hydrogens (tertiary/aromatic N) is 3. The summed E-state index contributed by atoms with van der Waals surface area (Å²) in [7, 11) is 1.46. The molecule has 2 rings (SSSR count). The molecule has 6 nitrogen and oxygen atoms in total. The number of nitrogens with one attached hydrogen (secondary N) is 1. The first-order valence-corrected chi connectivity index (χ1v) is 6.06. The molecule has 0 aliphatic heterocycles. The summed E-state index contributed by atoms with van der Waals surface area (Å²) in [6.07, 6.45) is -2.05. The first kappa shape index (κ1) is 15.2. The van der Waals surface area contributed by atoms with Gasteiger partial charge in [0.1, 0.15) is 6.54 Å². The molecule has 9 heteroatoms. The number of halogens is 3. The van der Waals surface area contributed by atoms with E-state index in [0.29, 0.717) is 0 Å². The minimum Gasteiger partial charge on any atom is -0.383 e. The van der Waals surface area contributed by atoms with Crippen LogP contribution in [-0.4, -0.2) is 40.7 Å². The van der Waals surface area contributed by atoms with E-state index in [-0.39, 0.29) is 24.2 Å². The van der Waals surface area contributed by atoms with Gasteiger partial charge in [0.2, 0.25) is 11.7 Å². The highest BCUT2D eigenvalue weighted by molar-refractivity contribution is 5.80. The SMILES string of the molecule is COCCNC(=O)Cn1c(C(F)(F)F)nc2ccncc21. The summed E-state index contributed by atoms with van der Waals surface area (Å²) in [5.41, 5.74) is 0.300. The van der Waals surface area contributed by atoms with E-state index in [2.05, 4.69) is 15.3 Å². The summed E-state index contributed by atoms with van der Waals surface area (Å²) in [5.74, 6) is -1.67. The Kier molecular flexibility index (Phi) is 4.41. The Morgan fingerprint density at radius 2 is 2.24 bits per heavy atom. The molecule has 0 unspecified atom stereocenters. The van der Waals surface area contributed by atoms with E-state index >= 15 is 0 Å². The topological polar surface area (TPSA) is 69.0 Å². The molecule has 0 saturated carbocycles. The van der Waals surface area contributed by atoms with Crippen molar-refractivity contribution in [2.45, 2.75) is 12.7 Å². The predicted octanol–water partition coefficient (Wildman–Crippen LogP) is 1.21. The van der Waals surface area contributed by atoms with Crippen LogP contribution in [0.3, 0.4) is 0 Å². The van der Waals surface area contributed by atoms with Crippen LogP contribution in [0.25, 0.3) is 11.0 Å². The third kappa shape index (κ3) is 3.48. The first-order valence-electron chi connectivity index (χ1n) is 6.06. The number of carbonyl (C=O) groups is 1. The van der Waals surface area contributed by atoms with E-state index in [0.717, 1.165) is 4.57 Å². The number of alkyl halides is 3. The minimum atomic E-state index is -4.65. The van der Waals surface area contributed by atoms with Gasteiger partial charge >= 0.3 is 6.18 Å². The Morgan fingerprint density at radius 1 is 1.48 bits per heavy atom. The number of ether oxygens (including phenoxy) is 1. The van der Waals surface area contributed by atoms with Crippen molar-refractivity contribution in [1.82, 2.24) is 19.9 Å². The number of fused-ring (bicyclic) bond motifs is 1. The highest BCUT2D eigenvalue weighted by Gasteiger charge is 2.38. The van der Waals surface area contributed by atoms with Gasteiger partial charge in [0.15, 0.2) is 0 Å². The van der Waals surface area contributed by atoms with Crippen LogP contribution < -0.4 is 5.32 Å². The molecule has 0 spiro atoms. The number of methoxy groups -OCH3 is 1. The van der Waals surface area contributed by atoms with Gasteiger partial charge in [-0.15, -0.1) is 0 Å². The monoisotopic (exact) mass is 302 g/mol. The molecule has 0 saturated heterocycles. The molecule has 0 atom stereocenters. The van der Waals surface area contributed by atoms with Crippen molar-refractivity contribution in [3.63, 3.8) is 0 Å². The van der Waals surface area contributed by atoms with Crippen molar-refractivity contribution >= 4 is 16.9 Å². The van der Waals surface area contributed by atoms with Crippen molar-refractivity contribution in [1.29, 1.82) is 0 Å². The van der Waals surface area contributed by atoms with Gasteiger partial charge in [0.05, 0.1) is 23.8 Å². The number of pyridine rings is 1. The molecule has 2 heterocycles. The Labute approximate surface area is 117 Å². The van der Waals surface area contributed by atoms with Crippen LogP contribution >= 0.6 is 0 Å². The zero-order valence-electron chi connectivity index (χ0n) is 11.1. The number of rotatable bonds is 5. The lowest BCUT2D eigenvalue weighted by Gasteiger charge is -2.11. The summed E-state index contributed by atoms with van der Waals surface area (Å²) < 4.78 is 44.5. The lowest BCUT2D eigenvalue weighted by atomic mass is 10.4. The lowest BCUT2D eigenvalue weighted by Crippen LogP contribution is -2.31. The van der Waals surface area contributed by atoms with E-state index in [1.807, 2.05) is 0 Å². The number of carbonyl (C=O) groups excluding carboxylic acids is 1. The van der Waals surface area contributed by atoms with Crippen molar-refractivity contribution in [3.05, 3.63) is 24.3 Å². The van der Waals surface area contributed by atoms with Gasteiger partial charge in [-0.1, -0.05) is 0 Å². The minimum absolute atomic E-state index is 0.141. The molecule has 1 N–H and O–H groups in total.